The molecule has 0 saturated carbocycles. The number of aryl methyl sites for hydroxylation is 1. The SMILES string of the molecule is Cc1ccc(CNC(=O)C2=CCC=C2)nc1. The van der Waals surface area contributed by atoms with Crippen LogP contribution in [0.25, 0.3) is 0 Å². The minimum Gasteiger partial charge on any atom is -0.346 e. The van der Waals surface area contributed by atoms with Gasteiger partial charge in [-0.15, -0.1) is 0 Å². The Hall–Kier alpha value is -1.90. The van der Waals surface area contributed by atoms with Crippen LogP contribution in [0.5, 0.6) is 0 Å². The highest BCUT2D eigenvalue weighted by atomic mass is 16.1. The molecule has 3 nitrogen and oxygen atoms in total. The topological polar surface area (TPSA) is 42.0 Å². The number of hydrogen-bond acceptors (Lipinski definition) is 2. The average molecular weight is 214 g/mol. The molecule has 0 aliphatic heterocycles. The second-order valence-corrected chi connectivity index (χ2v) is 3.81. The molecule has 0 atom stereocenters. The van der Waals surface area contributed by atoms with Crippen molar-refractivity contribution in [3.63, 3.8) is 0 Å². The van der Waals surface area contributed by atoms with Crippen LogP contribution in [-0.4, -0.2) is 10.9 Å². The average Bonchev–Trinajstić information content (AvgIpc) is 2.81. The first-order chi connectivity index (χ1) is 7.75. The van der Waals surface area contributed by atoms with E-state index < -0.39 is 0 Å². The Bertz CT molecular complexity index is 444. The van der Waals surface area contributed by atoms with Gasteiger partial charge >= 0.3 is 0 Å². The molecule has 82 valence electrons. The maximum absolute atomic E-state index is 11.6. The van der Waals surface area contributed by atoms with Gasteiger partial charge in [-0.2, -0.15) is 0 Å². The molecule has 1 aliphatic rings. The van der Waals surface area contributed by atoms with Gasteiger partial charge in [0.2, 0.25) is 0 Å². The van der Waals surface area contributed by atoms with Gasteiger partial charge in [0, 0.05) is 11.8 Å². The van der Waals surface area contributed by atoms with Crippen LogP contribution in [0.15, 0.2) is 42.1 Å². The summed E-state index contributed by atoms with van der Waals surface area (Å²) >= 11 is 0. The molecule has 1 N–H and O–H groups in total. The van der Waals surface area contributed by atoms with Gasteiger partial charge in [0.15, 0.2) is 0 Å². The van der Waals surface area contributed by atoms with E-state index in [1.54, 1.807) is 6.20 Å². The van der Waals surface area contributed by atoms with Gasteiger partial charge in [-0.3, -0.25) is 9.78 Å². The standard InChI is InChI=1S/C13H14N2O/c1-10-6-7-12(14-8-10)9-15-13(16)11-4-2-3-5-11/h2,4-8H,3,9H2,1H3,(H,15,16). The third-order valence-electron chi connectivity index (χ3n) is 2.44. The lowest BCUT2D eigenvalue weighted by atomic mass is 10.2. The number of amides is 1. The highest BCUT2D eigenvalue weighted by Crippen LogP contribution is 2.08. The molecule has 16 heavy (non-hydrogen) atoms. The van der Waals surface area contributed by atoms with Crippen molar-refractivity contribution in [2.75, 3.05) is 0 Å². The summed E-state index contributed by atoms with van der Waals surface area (Å²) in [6.45, 7) is 2.47. The second kappa shape index (κ2) is 4.75. The van der Waals surface area contributed by atoms with Crippen molar-refractivity contribution in [2.45, 2.75) is 19.9 Å². The zero-order valence-corrected chi connectivity index (χ0v) is 9.23. The summed E-state index contributed by atoms with van der Waals surface area (Å²) in [5, 5.41) is 2.84. The monoisotopic (exact) mass is 214 g/mol. The first-order valence-corrected chi connectivity index (χ1v) is 5.32. The molecule has 0 unspecified atom stereocenters. The molecule has 1 heterocycles. The Balaban J connectivity index is 1.90. The van der Waals surface area contributed by atoms with Crippen LogP contribution in [0.3, 0.4) is 0 Å². The second-order valence-electron chi connectivity index (χ2n) is 3.81. The molecule has 0 aromatic carbocycles. The highest BCUT2D eigenvalue weighted by molar-refractivity contribution is 5.96. The van der Waals surface area contributed by atoms with Crippen molar-refractivity contribution in [2.24, 2.45) is 0 Å². The summed E-state index contributed by atoms with van der Waals surface area (Å²) in [7, 11) is 0. The van der Waals surface area contributed by atoms with E-state index in [2.05, 4.69) is 10.3 Å². The molecular weight excluding hydrogens is 200 g/mol. The van der Waals surface area contributed by atoms with E-state index in [-0.39, 0.29) is 5.91 Å². The van der Waals surface area contributed by atoms with E-state index >= 15 is 0 Å². The summed E-state index contributed by atoms with van der Waals surface area (Å²) in [4.78, 5) is 15.9. The van der Waals surface area contributed by atoms with Crippen LogP contribution in [0, 0.1) is 6.92 Å². The lowest BCUT2D eigenvalue weighted by molar-refractivity contribution is -0.117. The van der Waals surface area contributed by atoms with E-state index in [4.69, 9.17) is 0 Å². The number of aromatic nitrogens is 1. The van der Waals surface area contributed by atoms with Crippen LogP contribution in [0.1, 0.15) is 17.7 Å². The number of allylic oxidation sites excluding steroid dienone is 2. The predicted molar refractivity (Wildman–Crippen MR) is 62.7 cm³/mol. The van der Waals surface area contributed by atoms with Crippen molar-refractivity contribution >= 4 is 5.91 Å². The third-order valence-corrected chi connectivity index (χ3v) is 2.44. The maximum Gasteiger partial charge on any atom is 0.251 e. The quantitative estimate of drug-likeness (QED) is 0.834. The number of nitrogens with zero attached hydrogens (tertiary/aromatic N) is 1. The van der Waals surface area contributed by atoms with Gasteiger partial charge < -0.3 is 5.32 Å². The van der Waals surface area contributed by atoms with Gasteiger partial charge in [0.05, 0.1) is 12.2 Å². The first-order valence-electron chi connectivity index (χ1n) is 5.32. The van der Waals surface area contributed by atoms with Gasteiger partial charge in [-0.1, -0.05) is 24.3 Å². The van der Waals surface area contributed by atoms with Gasteiger partial charge in [-0.25, -0.2) is 0 Å². The Morgan fingerprint density at radius 1 is 1.50 bits per heavy atom. The van der Waals surface area contributed by atoms with E-state index in [0.717, 1.165) is 23.3 Å². The summed E-state index contributed by atoms with van der Waals surface area (Å²) in [6.07, 6.45) is 8.39. The van der Waals surface area contributed by atoms with Crippen LogP contribution in [0.2, 0.25) is 0 Å². The predicted octanol–water partition coefficient (Wildman–Crippen LogP) is 1.89. The lowest BCUT2D eigenvalue weighted by Gasteiger charge is -2.04. The summed E-state index contributed by atoms with van der Waals surface area (Å²) in [5.74, 6) is -0.0314. The van der Waals surface area contributed by atoms with Crippen molar-refractivity contribution in [1.29, 1.82) is 0 Å². The maximum atomic E-state index is 11.6. The fraction of sp³-hybridized carbons (Fsp3) is 0.231. The molecule has 1 amide bonds. The van der Waals surface area contributed by atoms with Crippen molar-refractivity contribution in [1.82, 2.24) is 10.3 Å². The lowest BCUT2D eigenvalue weighted by Crippen LogP contribution is -2.23. The molecule has 1 aromatic heterocycles. The zero-order chi connectivity index (χ0) is 11.4. The first kappa shape index (κ1) is 10.6. The molecular formula is C13H14N2O. The normalized spacial score (nSPS) is 13.7. The Kier molecular flexibility index (Phi) is 3.15. The number of hydrogen-bond donors (Lipinski definition) is 1. The van der Waals surface area contributed by atoms with Crippen LogP contribution in [0.4, 0.5) is 0 Å². The molecule has 2 rings (SSSR count). The number of pyridine rings is 1. The number of rotatable bonds is 3. The van der Waals surface area contributed by atoms with E-state index in [9.17, 15) is 4.79 Å². The molecule has 0 saturated heterocycles. The number of nitrogens with one attached hydrogen (secondary N) is 1. The van der Waals surface area contributed by atoms with E-state index in [1.807, 2.05) is 37.3 Å². The van der Waals surface area contributed by atoms with Crippen molar-refractivity contribution in [3.8, 4) is 0 Å². The highest BCUT2D eigenvalue weighted by Gasteiger charge is 2.08. The molecule has 0 radical (unpaired) electrons. The minimum atomic E-state index is -0.0314. The zero-order valence-electron chi connectivity index (χ0n) is 9.23. The summed E-state index contributed by atoms with van der Waals surface area (Å²) in [5.41, 5.74) is 2.74. The van der Waals surface area contributed by atoms with E-state index in [1.165, 1.54) is 0 Å². The fourth-order valence-electron chi connectivity index (χ4n) is 1.50. The van der Waals surface area contributed by atoms with Crippen molar-refractivity contribution in [3.05, 3.63) is 53.4 Å². The molecule has 0 bridgehead atoms. The minimum absolute atomic E-state index is 0.0314. The smallest absolute Gasteiger partial charge is 0.251 e. The van der Waals surface area contributed by atoms with Crippen LogP contribution >= 0.6 is 0 Å². The molecule has 3 heteroatoms. The largest absolute Gasteiger partial charge is 0.346 e. The molecule has 0 spiro atoms. The summed E-state index contributed by atoms with van der Waals surface area (Å²) < 4.78 is 0. The number of carbonyl (C=O) groups excluding carboxylic acids is 1. The Morgan fingerprint density at radius 2 is 2.38 bits per heavy atom. The molecule has 1 aliphatic carbocycles. The Labute approximate surface area is 94.9 Å². The van der Waals surface area contributed by atoms with Gasteiger partial charge in [0.25, 0.3) is 5.91 Å². The van der Waals surface area contributed by atoms with Gasteiger partial charge in [0.1, 0.15) is 0 Å². The van der Waals surface area contributed by atoms with Crippen molar-refractivity contribution < 1.29 is 4.79 Å². The summed E-state index contributed by atoms with van der Waals surface area (Å²) in [6, 6.07) is 3.91. The molecule has 0 fully saturated rings. The van der Waals surface area contributed by atoms with E-state index in [0.29, 0.717) is 6.54 Å². The van der Waals surface area contributed by atoms with Crippen LogP contribution in [-0.2, 0) is 11.3 Å². The van der Waals surface area contributed by atoms with Crippen LogP contribution < -0.4 is 5.32 Å². The molecule has 1 aromatic rings. The van der Waals surface area contributed by atoms with Gasteiger partial charge in [-0.05, 0) is 25.0 Å². The third kappa shape index (κ3) is 2.57. The fourth-order valence-corrected chi connectivity index (χ4v) is 1.50. The Morgan fingerprint density at radius 3 is 3.00 bits per heavy atom. The number of carbonyl (C=O) groups is 1.